The van der Waals surface area contributed by atoms with Crippen molar-refractivity contribution in [3.8, 4) is 11.3 Å². The molecule has 3 rings (SSSR count). The van der Waals surface area contributed by atoms with Crippen molar-refractivity contribution in [1.82, 2.24) is 19.6 Å². The zero-order chi connectivity index (χ0) is 14.5. The van der Waals surface area contributed by atoms with Crippen LogP contribution in [0.25, 0.3) is 17.0 Å². The van der Waals surface area contributed by atoms with Crippen LogP contribution in [0.4, 0.5) is 5.82 Å². The summed E-state index contributed by atoms with van der Waals surface area (Å²) in [5.41, 5.74) is 1.98. The van der Waals surface area contributed by atoms with Crippen molar-refractivity contribution in [2.75, 3.05) is 23.9 Å². The number of hydrogen-bond donors (Lipinski definition) is 1. The smallest absolute Gasteiger partial charge is 0.254 e. The quantitative estimate of drug-likeness (QED) is 0.709. The molecule has 21 heavy (non-hydrogen) atoms. The Kier molecular flexibility index (Phi) is 4.35. The summed E-state index contributed by atoms with van der Waals surface area (Å²) in [4.78, 5) is 8.76. The molecular formula is C15H17N5S. The Bertz CT molecular complexity index is 710. The third-order valence-electron chi connectivity index (χ3n) is 3.15. The fourth-order valence-electron chi connectivity index (χ4n) is 2.13. The number of fused-ring (bicyclic) bond motifs is 1. The first-order valence-corrected chi connectivity index (χ1v) is 8.27. The highest BCUT2D eigenvalue weighted by Crippen LogP contribution is 2.21. The van der Waals surface area contributed by atoms with Crippen LogP contribution in [-0.2, 0) is 0 Å². The van der Waals surface area contributed by atoms with E-state index in [0.717, 1.165) is 35.8 Å². The molecule has 0 spiro atoms. The van der Waals surface area contributed by atoms with E-state index in [2.05, 4.69) is 26.6 Å². The van der Waals surface area contributed by atoms with Crippen LogP contribution < -0.4 is 5.32 Å². The first-order chi connectivity index (χ1) is 10.4. The number of rotatable bonds is 6. The summed E-state index contributed by atoms with van der Waals surface area (Å²) in [5, 5.41) is 7.65. The summed E-state index contributed by atoms with van der Waals surface area (Å²) < 4.78 is 1.74. The van der Waals surface area contributed by atoms with Crippen molar-refractivity contribution >= 4 is 23.4 Å². The van der Waals surface area contributed by atoms with Gasteiger partial charge in [-0.05, 0) is 18.4 Å². The molecule has 2 heterocycles. The standard InChI is InChI=1S/C15H17N5S/c1-21-9-5-8-16-14-10-13(12-6-3-2-4-7-12)19-15-17-11-18-20(14)15/h2-4,6-7,10-11,16H,5,8-9H2,1H3. The van der Waals surface area contributed by atoms with Crippen LogP contribution in [-0.4, -0.2) is 38.1 Å². The van der Waals surface area contributed by atoms with Gasteiger partial charge in [0, 0.05) is 18.2 Å². The van der Waals surface area contributed by atoms with E-state index in [1.54, 1.807) is 4.52 Å². The zero-order valence-corrected chi connectivity index (χ0v) is 12.7. The van der Waals surface area contributed by atoms with E-state index in [1.807, 2.05) is 48.2 Å². The lowest BCUT2D eigenvalue weighted by Gasteiger charge is -2.09. The summed E-state index contributed by atoms with van der Waals surface area (Å²) in [7, 11) is 0. The van der Waals surface area contributed by atoms with Crippen molar-refractivity contribution < 1.29 is 0 Å². The van der Waals surface area contributed by atoms with E-state index in [0.29, 0.717) is 5.78 Å². The van der Waals surface area contributed by atoms with E-state index in [4.69, 9.17) is 0 Å². The van der Waals surface area contributed by atoms with Gasteiger partial charge in [-0.25, -0.2) is 4.98 Å². The summed E-state index contributed by atoms with van der Waals surface area (Å²) in [6, 6.07) is 12.1. The molecule has 0 unspecified atom stereocenters. The highest BCUT2D eigenvalue weighted by molar-refractivity contribution is 7.98. The lowest BCUT2D eigenvalue weighted by Crippen LogP contribution is -2.08. The fraction of sp³-hybridized carbons (Fsp3) is 0.267. The Hall–Kier alpha value is -2.08. The van der Waals surface area contributed by atoms with E-state index in [-0.39, 0.29) is 0 Å². The van der Waals surface area contributed by atoms with Crippen molar-refractivity contribution in [3.63, 3.8) is 0 Å². The van der Waals surface area contributed by atoms with E-state index < -0.39 is 0 Å². The van der Waals surface area contributed by atoms with Gasteiger partial charge in [0.15, 0.2) is 0 Å². The zero-order valence-electron chi connectivity index (χ0n) is 11.9. The van der Waals surface area contributed by atoms with Crippen molar-refractivity contribution in [2.45, 2.75) is 6.42 Å². The predicted octanol–water partition coefficient (Wildman–Crippen LogP) is 2.96. The third-order valence-corrected chi connectivity index (χ3v) is 3.85. The molecule has 3 aromatic rings. The Labute approximate surface area is 127 Å². The number of anilines is 1. The van der Waals surface area contributed by atoms with E-state index >= 15 is 0 Å². The van der Waals surface area contributed by atoms with Gasteiger partial charge in [0.1, 0.15) is 12.1 Å². The molecular weight excluding hydrogens is 282 g/mol. The molecule has 1 aromatic carbocycles. The van der Waals surface area contributed by atoms with Gasteiger partial charge in [0.05, 0.1) is 5.69 Å². The average molecular weight is 299 g/mol. The monoisotopic (exact) mass is 299 g/mol. The maximum Gasteiger partial charge on any atom is 0.254 e. The van der Waals surface area contributed by atoms with Crippen LogP contribution >= 0.6 is 11.8 Å². The van der Waals surface area contributed by atoms with Gasteiger partial charge < -0.3 is 5.32 Å². The number of benzene rings is 1. The van der Waals surface area contributed by atoms with E-state index in [9.17, 15) is 0 Å². The molecule has 5 nitrogen and oxygen atoms in total. The predicted molar refractivity (Wildman–Crippen MR) is 87.7 cm³/mol. The molecule has 2 aromatic heterocycles. The molecule has 0 radical (unpaired) electrons. The minimum Gasteiger partial charge on any atom is -0.370 e. The van der Waals surface area contributed by atoms with Gasteiger partial charge in [0.25, 0.3) is 5.78 Å². The minimum atomic E-state index is 0.615. The Balaban J connectivity index is 1.92. The van der Waals surface area contributed by atoms with Crippen LogP contribution in [0.15, 0.2) is 42.7 Å². The van der Waals surface area contributed by atoms with Crippen LogP contribution in [0.1, 0.15) is 6.42 Å². The van der Waals surface area contributed by atoms with Crippen molar-refractivity contribution in [1.29, 1.82) is 0 Å². The Morgan fingerprint density at radius 1 is 1.24 bits per heavy atom. The molecule has 0 saturated heterocycles. The summed E-state index contributed by atoms with van der Waals surface area (Å²) in [5.74, 6) is 2.69. The second kappa shape index (κ2) is 6.58. The van der Waals surface area contributed by atoms with Crippen molar-refractivity contribution in [3.05, 3.63) is 42.7 Å². The average Bonchev–Trinajstić information content (AvgIpc) is 3.01. The molecule has 108 valence electrons. The molecule has 6 heteroatoms. The minimum absolute atomic E-state index is 0.615. The molecule has 0 amide bonds. The van der Waals surface area contributed by atoms with Crippen LogP contribution in [0.2, 0.25) is 0 Å². The normalized spacial score (nSPS) is 10.9. The molecule has 0 saturated carbocycles. The molecule has 0 atom stereocenters. The third kappa shape index (κ3) is 3.16. The van der Waals surface area contributed by atoms with Gasteiger partial charge >= 0.3 is 0 Å². The number of nitrogens with zero attached hydrogens (tertiary/aromatic N) is 4. The largest absolute Gasteiger partial charge is 0.370 e. The van der Waals surface area contributed by atoms with E-state index in [1.165, 1.54) is 6.33 Å². The summed E-state index contributed by atoms with van der Waals surface area (Å²) >= 11 is 1.85. The number of nitrogens with one attached hydrogen (secondary N) is 1. The molecule has 0 aliphatic carbocycles. The Morgan fingerprint density at radius 2 is 2.10 bits per heavy atom. The van der Waals surface area contributed by atoms with Gasteiger partial charge in [-0.1, -0.05) is 30.3 Å². The van der Waals surface area contributed by atoms with Gasteiger partial charge in [-0.15, -0.1) is 0 Å². The lowest BCUT2D eigenvalue weighted by atomic mass is 10.1. The Morgan fingerprint density at radius 3 is 2.90 bits per heavy atom. The molecule has 0 fully saturated rings. The second-order valence-electron chi connectivity index (χ2n) is 4.64. The number of hydrogen-bond acceptors (Lipinski definition) is 5. The molecule has 0 bridgehead atoms. The maximum absolute atomic E-state index is 4.56. The maximum atomic E-state index is 4.56. The van der Waals surface area contributed by atoms with Crippen molar-refractivity contribution in [2.24, 2.45) is 0 Å². The lowest BCUT2D eigenvalue weighted by molar-refractivity contribution is 0.907. The summed E-state index contributed by atoms with van der Waals surface area (Å²) in [6.07, 6.45) is 4.76. The van der Waals surface area contributed by atoms with Crippen LogP contribution in [0.5, 0.6) is 0 Å². The van der Waals surface area contributed by atoms with Crippen LogP contribution in [0.3, 0.4) is 0 Å². The van der Waals surface area contributed by atoms with Crippen LogP contribution in [0, 0.1) is 0 Å². The highest BCUT2D eigenvalue weighted by Gasteiger charge is 2.08. The molecule has 1 N–H and O–H groups in total. The first-order valence-electron chi connectivity index (χ1n) is 6.87. The van der Waals surface area contributed by atoms with Gasteiger partial charge in [0.2, 0.25) is 0 Å². The number of thioether (sulfide) groups is 1. The topological polar surface area (TPSA) is 55.1 Å². The molecule has 0 aliphatic rings. The fourth-order valence-corrected chi connectivity index (χ4v) is 2.56. The molecule has 0 aliphatic heterocycles. The summed E-state index contributed by atoms with van der Waals surface area (Å²) in [6.45, 7) is 0.911. The second-order valence-corrected chi connectivity index (χ2v) is 5.62. The van der Waals surface area contributed by atoms with Gasteiger partial charge in [-0.2, -0.15) is 26.4 Å². The SMILES string of the molecule is CSCCCNc1cc(-c2ccccc2)nc2ncnn12. The van der Waals surface area contributed by atoms with Gasteiger partial charge in [-0.3, -0.25) is 0 Å². The number of aromatic nitrogens is 4. The first kappa shape index (κ1) is 13.9. The highest BCUT2D eigenvalue weighted by atomic mass is 32.2.